The topological polar surface area (TPSA) is 63.1 Å². The van der Waals surface area contributed by atoms with Crippen molar-refractivity contribution in [3.8, 4) is 32.3 Å². The number of carbonyl (C=O) groups is 1. The van der Waals surface area contributed by atoms with E-state index in [1.165, 1.54) is 0 Å². The maximum absolute atomic E-state index is 11.5. The minimum absolute atomic E-state index is 0.278. The molecule has 0 unspecified atom stereocenters. The number of hydrogen-bond donors (Lipinski definition) is 1. The average Bonchev–Trinajstić information content (AvgIpc) is 3.14. The number of carboxylic acid groups (broad SMARTS) is 1. The van der Waals surface area contributed by atoms with Gasteiger partial charge in [-0.05, 0) is 42.3 Å². The molecule has 0 fully saturated rings. The zero-order valence-electron chi connectivity index (χ0n) is 14.6. The summed E-state index contributed by atoms with van der Waals surface area (Å²) < 4.78 is 0. The van der Waals surface area contributed by atoms with Crippen LogP contribution in [0.1, 0.15) is 15.9 Å². The molecule has 0 bridgehead atoms. The minimum Gasteiger partial charge on any atom is -0.478 e. The fourth-order valence-corrected chi connectivity index (χ4v) is 4.04. The number of rotatable bonds is 4. The molecular weight excluding hydrogens is 356 g/mol. The van der Waals surface area contributed by atoms with E-state index in [1.807, 2.05) is 55.5 Å². The van der Waals surface area contributed by atoms with E-state index < -0.39 is 5.97 Å². The highest BCUT2D eigenvalue weighted by atomic mass is 32.1. The Morgan fingerprint density at radius 3 is 2.37 bits per heavy atom. The summed E-state index contributed by atoms with van der Waals surface area (Å²) in [6.45, 7) is 1.90. The highest BCUT2D eigenvalue weighted by Crippen LogP contribution is 2.40. The van der Waals surface area contributed by atoms with Gasteiger partial charge in [0.15, 0.2) is 0 Å². The van der Waals surface area contributed by atoms with Crippen LogP contribution in [0.5, 0.6) is 0 Å². The maximum atomic E-state index is 11.5. The van der Waals surface area contributed by atoms with Gasteiger partial charge in [0.1, 0.15) is 5.01 Å². The molecule has 1 N–H and O–H groups in total. The Labute approximate surface area is 160 Å². The molecule has 0 saturated carbocycles. The zero-order chi connectivity index (χ0) is 18.8. The number of aromatic nitrogens is 2. The first-order valence-electron chi connectivity index (χ1n) is 8.44. The quantitative estimate of drug-likeness (QED) is 0.510. The zero-order valence-corrected chi connectivity index (χ0v) is 15.4. The van der Waals surface area contributed by atoms with Crippen LogP contribution in [-0.4, -0.2) is 21.0 Å². The molecule has 4 aromatic rings. The molecule has 132 valence electrons. The molecule has 27 heavy (non-hydrogen) atoms. The lowest BCUT2D eigenvalue weighted by atomic mass is 10.0. The van der Waals surface area contributed by atoms with Gasteiger partial charge in [0.2, 0.25) is 0 Å². The molecule has 0 aliphatic carbocycles. The van der Waals surface area contributed by atoms with Gasteiger partial charge in [-0.15, -0.1) is 11.3 Å². The second kappa shape index (κ2) is 7.13. The molecule has 2 heterocycles. The molecular formula is C22H16N2O2S. The fraction of sp³-hybridized carbons (Fsp3) is 0.0455. The van der Waals surface area contributed by atoms with E-state index in [9.17, 15) is 9.90 Å². The van der Waals surface area contributed by atoms with E-state index in [1.54, 1.807) is 35.9 Å². The van der Waals surface area contributed by atoms with Crippen LogP contribution in [-0.2, 0) is 0 Å². The predicted octanol–water partition coefficient (Wildman–Crippen LogP) is 5.55. The average molecular weight is 372 g/mol. The molecule has 0 aliphatic heterocycles. The van der Waals surface area contributed by atoms with Gasteiger partial charge in [0, 0.05) is 23.5 Å². The van der Waals surface area contributed by atoms with Crippen LogP contribution in [0.3, 0.4) is 0 Å². The molecule has 0 aliphatic rings. The van der Waals surface area contributed by atoms with E-state index in [0.717, 1.165) is 37.8 Å². The molecule has 0 amide bonds. The number of hydrogen-bond acceptors (Lipinski definition) is 4. The van der Waals surface area contributed by atoms with Crippen molar-refractivity contribution in [3.05, 3.63) is 84.2 Å². The Bertz CT molecular complexity index is 1110. The smallest absolute Gasteiger partial charge is 0.335 e. The molecule has 0 saturated heterocycles. The van der Waals surface area contributed by atoms with Crippen molar-refractivity contribution < 1.29 is 9.90 Å². The lowest BCUT2D eigenvalue weighted by molar-refractivity contribution is 0.0697. The van der Waals surface area contributed by atoms with Crippen LogP contribution in [0.2, 0.25) is 0 Å². The van der Waals surface area contributed by atoms with Crippen molar-refractivity contribution in [3.63, 3.8) is 0 Å². The molecule has 2 aromatic carbocycles. The van der Waals surface area contributed by atoms with Crippen molar-refractivity contribution in [1.29, 1.82) is 0 Å². The van der Waals surface area contributed by atoms with Gasteiger partial charge in [0.05, 0.1) is 16.1 Å². The van der Waals surface area contributed by atoms with Crippen LogP contribution in [0.15, 0.2) is 73.1 Å². The minimum atomic E-state index is -0.932. The number of aryl methyl sites for hydroxylation is 1. The molecule has 0 atom stereocenters. The summed E-state index contributed by atoms with van der Waals surface area (Å²) in [5.41, 5.74) is 4.87. The Morgan fingerprint density at radius 2 is 1.67 bits per heavy atom. The summed E-state index contributed by atoms with van der Waals surface area (Å²) in [4.78, 5) is 21.4. The van der Waals surface area contributed by atoms with E-state index in [-0.39, 0.29) is 5.56 Å². The van der Waals surface area contributed by atoms with Crippen molar-refractivity contribution in [2.45, 2.75) is 6.92 Å². The highest BCUT2D eigenvalue weighted by Gasteiger charge is 2.17. The first-order chi connectivity index (χ1) is 13.1. The summed E-state index contributed by atoms with van der Waals surface area (Å²) in [6, 6.07) is 19.2. The third kappa shape index (κ3) is 3.50. The fourth-order valence-electron chi connectivity index (χ4n) is 2.96. The summed E-state index contributed by atoms with van der Waals surface area (Å²) in [6.07, 6.45) is 3.47. The third-order valence-corrected chi connectivity index (χ3v) is 5.34. The lowest BCUT2D eigenvalue weighted by Gasteiger charge is -2.06. The van der Waals surface area contributed by atoms with Crippen molar-refractivity contribution in [2.24, 2.45) is 0 Å². The normalized spacial score (nSPS) is 10.7. The number of thiazole rings is 1. The number of nitrogens with zero attached hydrogens (tertiary/aromatic N) is 2. The first kappa shape index (κ1) is 17.1. The lowest BCUT2D eigenvalue weighted by Crippen LogP contribution is -1.97. The molecule has 2 aromatic heterocycles. The Hall–Kier alpha value is -3.31. The summed E-state index contributed by atoms with van der Waals surface area (Å²) in [7, 11) is 0. The largest absolute Gasteiger partial charge is 0.478 e. The van der Waals surface area contributed by atoms with Gasteiger partial charge in [-0.1, -0.05) is 36.4 Å². The van der Waals surface area contributed by atoms with E-state index in [4.69, 9.17) is 4.98 Å². The van der Waals surface area contributed by atoms with Gasteiger partial charge in [-0.2, -0.15) is 0 Å². The third-order valence-electron chi connectivity index (χ3n) is 4.19. The number of carboxylic acids is 1. The Morgan fingerprint density at radius 1 is 0.926 bits per heavy atom. The SMILES string of the molecule is Cc1cc(C(=O)O)cc(-c2sc(-c3ccccc3)nc2-c2ccncc2)c1. The Kier molecular flexibility index (Phi) is 4.52. The first-order valence-corrected chi connectivity index (χ1v) is 9.25. The van der Waals surface area contributed by atoms with E-state index in [2.05, 4.69) is 4.98 Å². The van der Waals surface area contributed by atoms with Crippen molar-refractivity contribution >= 4 is 17.3 Å². The van der Waals surface area contributed by atoms with Gasteiger partial charge in [-0.3, -0.25) is 4.98 Å². The van der Waals surface area contributed by atoms with Crippen molar-refractivity contribution in [2.75, 3.05) is 0 Å². The van der Waals surface area contributed by atoms with Crippen LogP contribution < -0.4 is 0 Å². The molecule has 4 rings (SSSR count). The van der Waals surface area contributed by atoms with Gasteiger partial charge >= 0.3 is 5.97 Å². The van der Waals surface area contributed by atoms with Gasteiger partial charge in [-0.25, -0.2) is 9.78 Å². The van der Waals surface area contributed by atoms with Crippen LogP contribution in [0.25, 0.3) is 32.3 Å². The van der Waals surface area contributed by atoms with Gasteiger partial charge < -0.3 is 5.11 Å². The number of aromatic carboxylic acids is 1. The standard InChI is InChI=1S/C22H16N2O2S/c1-14-11-17(13-18(12-14)22(25)26)20-19(15-7-9-23-10-8-15)24-21(27-20)16-5-3-2-4-6-16/h2-13H,1H3,(H,25,26). The molecule has 0 radical (unpaired) electrons. The van der Waals surface area contributed by atoms with Crippen LogP contribution in [0, 0.1) is 6.92 Å². The predicted molar refractivity (Wildman–Crippen MR) is 108 cm³/mol. The second-order valence-corrected chi connectivity index (χ2v) is 7.19. The molecule has 4 nitrogen and oxygen atoms in total. The molecule has 5 heteroatoms. The van der Waals surface area contributed by atoms with Crippen molar-refractivity contribution in [1.82, 2.24) is 9.97 Å². The summed E-state index contributed by atoms with van der Waals surface area (Å²) >= 11 is 1.57. The number of pyridine rings is 1. The summed E-state index contributed by atoms with van der Waals surface area (Å²) in [5.74, 6) is -0.932. The van der Waals surface area contributed by atoms with Gasteiger partial charge in [0.25, 0.3) is 0 Å². The second-order valence-electron chi connectivity index (χ2n) is 6.19. The van der Waals surface area contributed by atoms with Crippen LogP contribution in [0.4, 0.5) is 0 Å². The van der Waals surface area contributed by atoms with E-state index >= 15 is 0 Å². The monoisotopic (exact) mass is 372 g/mol. The molecule has 0 spiro atoms. The summed E-state index contributed by atoms with van der Waals surface area (Å²) in [5, 5.41) is 10.3. The maximum Gasteiger partial charge on any atom is 0.335 e. The number of benzene rings is 2. The Balaban J connectivity index is 1.94. The van der Waals surface area contributed by atoms with Crippen LogP contribution >= 0.6 is 11.3 Å². The highest BCUT2D eigenvalue weighted by molar-refractivity contribution is 7.19. The van der Waals surface area contributed by atoms with E-state index in [0.29, 0.717) is 0 Å².